The van der Waals surface area contributed by atoms with Gasteiger partial charge in [-0.15, -0.1) is 0 Å². The molecule has 0 unspecified atom stereocenters. The molecule has 2 heterocycles. The summed E-state index contributed by atoms with van der Waals surface area (Å²) in [7, 11) is 0. The fourth-order valence-electron chi connectivity index (χ4n) is 2.90. The Morgan fingerprint density at radius 3 is 2.85 bits per heavy atom. The Kier molecular flexibility index (Phi) is 2.52. The van der Waals surface area contributed by atoms with Crippen LogP contribution in [0.1, 0.15) is 12.0 Å². The van der Waals surface area contributed by atoms with E-state index in [9.17, 15) is 0 Å². The molecule has 3 heteroatoms. The molecule has 20 heavy (non-hydrogen) atoms. The maximum Gasteiger partial charge on any atom is 0.145 e. The van der Waals surface area contributed by atoms with Crippen molar-refractivity contribution in [3.05, 3.63) is 48.0 Å². The first kappa shape index (κ1) is 11.5. The molecule has 0 N–H and O–H groups in total. The topological polar surface area (TPSA) is 27.1 Å². The Labute approximate surface area is 117 Å². The van der Waals surface area contributed by atoms with Crippen molar-refractivity contribution in [3.63, 3.8) is 0 Å². The summed E-state index contributed by atoms with van der Waals surface area (Å²) in [5, 5.41) is 0. The van der Waals surface area contributed by atoms with Gasteiger partial charge in [-0.05, 0) is 31.0 Å². The van der Waals surface area contributed by atoms with E-state index in [1.807, 2.05) is 6.07 Å². The van der Waals surface area contributed by atoms with E-state index in [0.717, 1.165) is 47.7 Å². The van der Waals surface area contributed by atoms with Crippen LogP contribution in [0, 0.1) is 6.92 Å². The van der Waals surface area contributed by atoms with Gasteiger partial charge in [-0.1, -0.05) is 30.3 Å². The minimum atomic E-state index is 0.772. The van der Waals surface area contributed by atoms with Crippen molar-refractivity contribution in [2.45, 2.75) is 19.9 Å². The van der Waals surface area contributed by atoms with Crippen molar-refractivity contribution in [2.24, 2.45) is 0 Å². The third kappa shape index (κ3) is 1.70. The van der Waals surface area contributed by atoms with Crippen molar-refractivity contribution in [3.8, 4) is 17.1 Å². The SMILES string of the molecule is Cc1cc2c3c(c1)nc(-c1ccccc1)n3CCCO2. The summed E-state index contributed by atoms with van der Waals surface area (Å²) in [6.07, 6.45) is 1.01. The van der Waals surface area contributed by atoms with Crippen LogP contribution in [0.5, 0.6) is 5.75 Å². The van der Waals surface area contributed by atoms with Crippen LogP contribution in [0.3, 0.4) is 0 Å². The molecule has 4 rings (SSSR count). The fraction of sp³-hybridized carbons (Fsp3) is 0.235. The van der Waals surface area contributed by atoms with Crippen LogP contribution in [0.4, 0.5) is 0 Å². The van der Waals surface area contributed by atoms with Crippen molar-refractivity contribution in [1.29, 1.82) is 0 Å². The van der Waals surface area contributed by atoms with E-state index in [0.29, 0.717) is 0 Å². The predicted molar refractivity (Wildman–Crippen MR) is 80.0 cm³/mol. The van der Waals surface area contributed by atoms with E-state index in [1.54, 1.807) is 0 Å². The van der Waals surface area contributed by atoms with E-state index in [4.69, 9.17) is 9.72 Å². The molecule has 3 nitrogen and oxygen atoms in total. The molecule has 1 aliphatic heterocycles. The number of rotatable bonds is 1. The lowest BCUT2D eigenvalue weighted by Crippen LogP contribution is -2.01. The molecule has 0 radical (unpaired) electrons. The molecule has 1 aliphatic rings. The van der Waals surface area contributed by atoms with E-state index >= 15 is 0 Å². The first-order valence-electron chi connectivity index (χ1n) is 7.02. The van der Waals surface area contributed by atoms with Gasteiger partial charge in [0.05, 0.1) is 12.1 Å². The van der Waals surface area contributed by atoms with Crippen LogP contribution in [-0.4, -0.2) is 16.2 Å². The van der Waals surface area contributed by atoms with Gasteiger partial charge in [0, 0.05) is 12.1 Å². The zero-order chi connectivity index (χ0) is 13.5. The third-order valence-corrected chi connectivity index (χ3v) is 3.77. The first-order valence-corrected chi connectivity index (χ1v) is 7.02. The van der Waals surface area contributed by atoms with Crippen LogP contribution in [0.25, 0.3) is 22.4 Å². The predicted octanol–water partition coefficient (Wildman–Crippen LogP) is 3.79. The van der Waals surface area contributed by atoms with Crippen LogP contribution in [-0.2, 0) is 6.54 Å². The van der Waals surface area contributed by atoms with Crippen molar-refractivity contribution >= 4 is 11.0 Å². The average Bonchev–Trinajstić information content (AvgIpc) is 2.68. The van der Waals surface area contributed by atoms with Gasteiger partial charge in [-0.25, -0.2) is 4.98 Å². The zero-order valence-corrected chi connectivity index (χ0v) is 11.5. The van der Waals surface area contributed by atoms with Crippen molar-refractivity contribution in [1.82, 2.24) is 9.55 Å². The molecule has 0 fully saturated rings. The van der Waals surface area contributed by atoms with Gasteiger partial charge in [0.15, 0.2) is 0 Å². The highest BCUT2D eigenvalue weighted by Crippen LogP contribution is 2.34. The molecule has 3 aromatic rings. The number of ether oxygens (including phenoxy) is 1. The number of nitrogens with zero attached hydrogens (tertiary/aromatic N) is 2. The number of hydrogen-bond donors (Lipinski definition) is 0. The Hall–Kier alpha value is -2.29. The second-order valence-corrected chi connectivity index (χ2v) is 5.29. The van der Waals surface area contributed by atoms with E-state index in [2.05, 4.69) is 47.9 Å². The summed E-state index contributed by atoms with van der Waals surface area (Å²) in [5.74, 6) is 2.00. The second kappa shape index (κ2) is 4.37. The quantitative estimate of drug-likeness (QED) is 0.668. The highest BCUT2D eigenvalue weighted by Gasteiger charge is 2.19. The lowest BCUT2D eigenvalue weighted by molar-refractivity contribution is 0.315. The van der Waals surface area contributed by atoms with Crippen molar-refractivity contribution in [2.75, 3.05) is 6.61 Å². The fourth-order valence-corrected chi connectivity index (χ4v) is 2.90. The Balaban J connectivity index is 2.05. The van der Waals surface area contributed by atoms with E-state index in [-0.39, 0.29) is 0 Å². The van der Waals surface area contributed by atoms with Gasteiger partial charge in [0.25, 0.3) is 0 Å². The smallest absolute Gasteiger partial charge is 0.145 e. The molecule has 0 amide bonds. The first-order chi connectivity index (χ1) is 9.83. The van der Waals surface area contributed by atoms with Gasteiger partial charge < -0.3 is 9.30 Å². The average molecular weight is 264 g/mol. The Bertz CT molecular complexity index is 775. The molecule has 100 valence electrons. The van der Waals surface area contributed by atoms with E-state index in [1.165, 1.54) is 5.56 Å². The van der Waals surface area contributed by atoms with E-state index < -0.39 is 0 Å². The van der Waals surface area contributed by atoms with Crippen molar-refractivity contribution < 1.29 is 4.74 Å². The highest BCUT2D eigenvalue weighted by atomic mass is 16.5. The minimum Gasteiger partial charge on any atom is -0.491 e. The van der Waals surface area contributed by atoms with Gasteiger partial charge in [-0.3, -0.25) is 0 Å². The summed E-state index contributed by atoms with van der Waals surface area (Å²) >= 11 is 0. The van der Waals surface area contributed by atoms with Crippen LogP contribution >= 0.6 is 0 Å². The third-order valence-electron chi connectivity index (χ3n) is 3.77. The lowest BCUT2D eigenvalue weighted by atomic mass is 10.2. The summed E-state index contributed by atoms with van der Waals surface area (Å²) in [6, 6.07) is 14.6. The molecular weight excluding hydrogens is 248 g/mol. The van der Waals surface area contributed by atoms with Gasteiger partial charge in [-0.2, -0.15) is 0 Å². The van der Waals surface area contributed by atoms with Gasteiger partial charge in [0.1, 0.15) is 17.1 Å². The summed E-state index contributed by atoms with van der Waals surface area (Å²) in [5.41, 5.74) is 4.51. The lowest BCUT2D eigenvalue weighted by Gasteiger charge is -2.06. The normalized spacial score (nSPS) is 14.1. The molecule has 2 aromatic carbocycles. The number of imidazole rings is 1. The maximum absolute atomic E-state index is 5.89. The number of benzene rings is 2. The Morgan fingerprint density at radius 1 is 1.15 bits per heavy atom. The number of aryl methyl sites for hydroxylation is 2. The monoisotopic (exact) mass is 264 g/mol. The second-order valence-electron chi connectivity index (χ2n) is 5.29. The Morgan fingerprint density at radius 2 is 2.00 bits per heavy atom. The largest absolute Gasteiger partial charge is 0.491 e. The molecular formula is C17H16N2O. The summed E-state index contributed by atoms with van der Waals surface area (Å²) in [4.78, 5) is 4.84. The number of aromatic nitrogens is 2. The minimum absolute atomic E-state index is 0.772. The molecule has 0 atom stereocenters. The maximum atomic E-state index is 5.89. The van der Waals surface area contributed by atoms with Crippen LogP contribution in [0.2, 0.25) is 0 Å². The zero-order valence-electron chi connectivity index (χ0n) is 11.5. The molecule has 0 aliphatic carbocycles. The van der Waals surface area contributed by atoms with Gasteiger partial charge in [0.2, 0.25) is 0 Å². The highest BCUT2D eigenvalue weighted by molar-refractivity contribution is 5.87. The van der Waals surface area contributed by atoms with Crippen LogP contribution < -0.4 is 4.74 Å². The number of hydrogen-bond acceptors (Lipinski definition) is 2. The molecule has 0 saturated carbocycles. The molecule has 1 aromatic heterocycles. The summed E-state index contributed by atoms with van der Waals surface area (Å²) in [6.45, 7) is 3.82. The standard InChI is InChI=1S/C17H16N2O/c1-12-10-14-16-15(11-12)20-9-5-8-19(16)17(18-14)13-6-3-2-4-7-13/h2-4,6-7,10-11H,5,8-9H2,1H3. The molecule has 0 bridgehead atoms. The van der Waals surface area contributed by atoms with Crippen LogP contribution in [0.15, 0.2) is 42.5 Å². The molecule has 0 saturated heterocycles. The van der Waals surface area contributed by atoms with Gasteiger partial charge >= 0.3 is 0 Å². The molecule has 0 spiro atoms. The summed E-state index contributed by atoms with van der Waals surface area (Å²) < 4.78 is 8.19.